The summed E-state index contributed by atoms with van der Waals surface area (Å²) in [6, 6.07) is 0.596. The zero-order valence-electron chi connectivity index (χ0n) is 13.3. The number of hydrogen-bond acceptors (Lipinski definition) is 5. The number of aromatic nitrogens is 2. The summed E-state index contributed by atoms with van der Waals surface area (Å²) in [5.74, 6) is 5.79. The highest BCUT2D eigenvalue weighted by molar-refractivity contribution is 9.10. The Hall–Kier alpha value is -0.470. The van der Waals surface area contributed by atoms with Crippen LogP contribution in [0.2, 0.25) is 0 Å². The number of morpholine rings is 1. The molecule has 0 amide bonds. The van der Waals surface area contributed by atoms with E-state index in [1.165, 1.54) is 0 Å². The first kappa shape index (κ1) is 16.9. The Bertz CT molecular complexity index is 476. The van der Waals surface area contributed by atoms with Crippen molar-refractivity contribution in [3.8, 4) is 0 Å². The molecule has 6 nitrogen and oxygen atoms in total. The second-order valence-electron chi connectivity index (χ2n) is 5.94. The lowest BCUT2D eigenvalue weighted by Crippen LogP contribution is -2.56. The van der Waals surface area contributed by atoms with Crippen LogP contribution in [0.15, 0.2) is 4.47 Å². The predicted molar refractivity (Wildman–Crippen MR) is 86.9 cm³/mol. The Balaban J connectivity index is 2.09. The Morgan fingerprint density at radius 1 is 1.52 bits per heavy atom. The van der Waals surface area contributed by atoms with Crippen LogP contribution in [0.5, 0.6) is 0 Å². The van der Waals surface area contributed by atoms with Gasteiger partial charge in [-0.1, -0.05) is 0 Å². The monoisotopic (exact) mass is 359 g/mol. The van der Waals surface area contributed by atoms with Crippen molar-refractivity contribution < 1.29 is 4.74 Å². The van der Waals surface area contributed by atoms with E-state index in [1.54, 1.807) is 0 Å². The average Bonchev–Trinajstić information content (AvgIpc) is 2.70. The number of hydrogen-bond donors (Lipinski definition) is 2. The molecular formula is C14H26BrN5O. The third kappa shape index (κ3) is 3.84. The highest BCUT2D eigenvalue weighted by Gasteiger charge is 2.30. The quantitative estimate of drug-likeness (QED) is 0.605. The Kier molecular flexibility index (Phi) is 5.79. The van der Waals surface area contributed by atoms with Crippen molar-refractivity contribution in [3.63, 3.8) is 0 Å². The van der Waals surface area contributed by atoms with E-state index in [2.05, 4.69) is 45.2 Å². The molecular weight excluding hydrogens is 334 g/mol. The van der Waals surface area contributed by atoms with E-state index in [4.69, 9.17) is 10.6 Å². The second kappa shape index (κ2) is 7.19. The van der Waals surface area contributed by atoms with Gasteiger partial charge in [0.05, 0.1) is 34.6 Å². The lowest BCUT2D eigenvalue weighted by Gasteiger charge is -2.38. The first-order chi connectivity index (χ1) is 9.93. The molecule has 7 heteroatoms. The number of nitrogens with one attached hydrogen (secondary N) is 1. The summed E-state index contributed by atoms with van der Waals surface area (Å²) in [4.78, 5) is 2.43. The van der Waals surface area contributed by atoms with E-state index in [9.17, 15) is 0 Å². The van der Waals surface area contributed by atoms with Crippen molar-refractivity contribution in [2.24, 2.45) is 12.9 Å². The van der Waals surface area contributed by atoms with Crippen LogP contribution in [0, 0.1) is 6.92 Å². The molecule has 2 rings (SSSR count). The molecule has 2 heterocycles. The van der Waals surface area contributed by atoms with Gasteiger partial charge in [-0.3, -0.25) is 20.9 Å². The number of hydrazine groups is 1. The molecule has 1 aliphatic rings. The highest BCUT2D eigenvalue weighted by Crippen LogP contribution is 2.23. The largest absolute Gasteiger partial charge is 0.374 e. The fraction of sp³-hybridized carbons (Fsp3) is 0.786. The Morgan fingerprint density at radius 2 is 2.24 bits per heavy atom. The molecule has 0 aliphatic carbocycles. The van der Waals surface area contributed by atoms with E-state index >= 15 is 0 Å². The molecule has 0 radical (unpaired) electrons. The van der Waals surface area contributed by atoms with Gasteiger partial charge < -0.3 is 4.74 Å². The maximum Gasteiger partial charge on any atom is 0.0872 e. The van der Waals surface area contributed by atoms with Crippen molar-refractivity contribution in [1.29, 1.82) is 0 Å². The van der Waals surface area contributed by atoms with Gasteiger partial charge in [0, 0.05) is 32.6 Å². The molecule has 0 spiro atoms. The SMILES string of the molecule is Cc1nn(C)c(CC(NN)C2CN(C(C)C)CCO2)c1Br. The normalized spacial score (nSPS) is 22.0. The summed E-state index contributed by atoms with van der Waals surface area (Å²) in [5, 5.41) is 4.44. The van der Waals surface area contributed by atoms with Gasteiger partial charge in [-0.05, 0) is 36.7 Å². The van der Waals surface area contributed by atoms with Crippen LogP contribution in [-0.4, -0.2) is 52.6 Å². The summed E-state index contributed by atoms with van der Waals surface area (Å²) >= 11 is 3.61. The summed E-state index contributed by atoms with van der Waals surface area (Å²) in [5.41, 5.74) is 5.07. The van der Waals surface area contributed by atoms with Crippen molar-refractivity contribution in [2.45, 2.75) is 45.4 Å². The van der Waals surface area contributed by atoms with Gasteiger partial charge in [0.1, 0.15) is 0 Å². The molecule has 1 fully saturated rings. The van der Waals surface area contributed by atoms with Gasteiger partial charge in [0.2, 0.25) is 0 Å². The van der Waals surface area contributed by atoms with Gasteiger partial charge in [-0.25, -0.2) is 0 Å². The molecule has 2 unspecified atom stereocenters. The van der Waals surface area contributed by atoms with Crippen molar-refractivity contribution in [1.82, 2.24) is 20.1 Å². The van der Waals surface area contributed by atoms with E-state index < -0.39 is 0 Å². The minimum absolute atomic E-state index is 0.0673. The van der Waals surface area contributed by atoms with Gasteiger partial charge in [-0.2, -0.15) is 5.10 Å². The smallest absolute Gasteiger partial charge is 0.0872 e. The second-order valence-corrected chi connectivity index (χ2v) is 6.74. The number of aryl methyl sites for hydroxylation is 2. The predicted octanol–water partition coefficient (Wildman–Crippen LogP) is 0.975. The standard InChI is InChI=1S/C14H26BrN5O/c1-9(2)20-5-6-21-13(8-20)11(17-16)7-12-14(15)10(3)18-19(12)4/h9,11,13,17H,5-8,16H2,1-4H3. The molecule has 21 heavy (non-hydrogen) atoms. The van der Waals surface area contributed by atoms with Crippen LogP contribution in [0.25, 0.3) is 0 Å². The zero-order chi connectivity index (χ0) is 15.6. The van der Waals surface area contributed by atoms with Crippen molar-refractivity contribution in [3.05, 3.63) is 15.9 Å². The van der Waals surface area contributed by atoms with E-state index in [0.717, 1.165) is 42.0 Å². The minimum atomic E-state index is 0.0673. The molecule has 1 saturated heterocycles. The molecule has 1 aliphatic heterocycles. The number of rotatable bonds is 5. The summed E-state index contributed by atoms with van der Waals surface area (Å²) < 4.78 is 8.91. The average molecular weight is 360 g/mol. The van der Waals surface area contributed by atoms with Gasteiger partial charge in [0.15, 0.2) is 0 Å². The number of nitrogens with zero attached hydrogens (tertiary/aromatic N) is 3. The van der Waals surface area contributed by atoms with Crippen molar-refractivity contribution in [2.75, 3.05) is 19.7 Å². The maximum atomic E-state index is 5.94. The first-order valence-electron chi connectivity index (χ1n) is 7.43. The van der Waals surface area contributed by atoms with Crippen molar-refractivity contribution >= 4 is 15.9 Å². The van der Waals surface area contributed by atoms with Crippen LogP contribution in [0.4, 0.5) is 0 Å². The first-order valence-corrected chi connectivity index (χ1v) is 8.23. The molecule has 0 bridgehead atoms. The van der Waals surface area contributed by atoms with Gasteiger partial charge in [0.25, 0.3) is 0 Å². The van der Waals surface area contributed by atoms with Crippen LogP contribution in [0.3, 0.4) is 0 Å². The van der Waals surface area contributed by atoms with E-state index in [1.807, 2.05) is 18.7 Å². The molecule has 0 saturated carbocycles. The lowest BCUT2D eigenvalue weighted by atomic mass is 10.0. The molecule has 1 aromatic rings. The number of ether oxygens (including phenoxy) is 1. The molecule has 2 atom stereocenters. The third-order valence-corrected chi connectivity index (χ3v) is 5.22. The molecule has 3 N–H and O–H groups in total. The number of halogens is 1. The maximum absolute atomic E-state index is 5.94. The topological polar surface area (TPSA) is 68.3 Å². The number of nitrogens with two attached hydrogens (primary N) is 1. The van der Waals surface area contributed by atoms with Crippen LogP contribution in [0.1, 0.15) is 25.2 Å². The van der Waals surface area contributed by atoms with Gasteiger partial charge >= 0.3 is 0 Å². The fourth-order valence-electron chi connectivity index (χ4n) is 2.82. The molecule has 0 aromatic carbocycles. The zero-order valence-corrected chi connectivity index (χ0v) is 14.9. The van der Waals surface area contributed by atoms with Gasteiger partial charge in [-0.15, -0.1) is 0 Å². The third-order valence-electron chi connectivity index (χ3n) is 4.19. The van der Waals surface area contributed by atoms with E-state index in [-0.39, 0.29) is 12.1 Å². The van der Waals surface area contributed by atoms with Crippen LogP contribution in [-0.2, 0) is 18.2 Å². The molecule has 1 aromatic heterocycles. The Labute approximate surface area is 135 Å². The Morgan fingerprint density at radius 3 is 2.76 bits per heavy atom. The fourth-order valence-corrected chi connectivity index (χ4v) is 3.31. The van der Waals surface area contributed by atoms with Crippen LogP contribution >= 0.6 is 15.9 Å². The molecule has 120 valence electrons. The summed E-state index contributed by atoms with van der Waals surface area (Å²) in [6.07, 6.45) is 0.874. The summed E-state index contributed by atoms with van der Waals surface area (Å²) in [6.45, 7) is 9.08. The summed E-state index contributed by atoms with van der Waals surface area (Å²) in [7, 11) is 1.96. The lowest BCUT2D eigenvalue weighted by molar-refractivity contribution is -0.0555. The highest BCUT2D eigenvalue weighted by atomic mass is 79.9. The van der Waals surface area contributed by atoms with E-state index in [0.29, 0.717) is 6.04 Å². The minimum Gasteiger partial charge on any atom is -0.374 e. The van der Waals surface area contributed by atoms with Crippen LogP contribution < -0.4 is 11.3 Å².